The summed E-state index contributed by atoms with van der Waals surface area (Å²) in [5, 5.41) is 15.5. The molecule has 0 saturated heterocycles. The van der Waals surface area contributed by atoms with Crippen molar-refractivity contribution in [1.29, 1.82) is 5.26 Å². The molecule has 26 heavy (non-hydrogen) atoms. The fourth-order valence-electron chi connectivity index (χ4n) is 2.57. The summed E-state index contributed by atoms with van der Waals surface area (Å²) < 4.78 is 10.7. The summed E-state index contributed by atoms with van der Waals surface area (Å²) in [6.07, 6.45) is 1.66. The smallest absolute Gasteiger partial charge is 0.231 e. The van der Waals surface area contributed by atoms with Gasteiger partial charge in [0.25, 0.3) is 0 Å². The highest BCUT2D eigenvalue weighted by atomic mass is 16.7. The van der Waals surface area contributed by atoms with E-state index < -0.39 is 0 Å². The molecule has 1 aromatic heterocycles. The Morgan fingerprint density at radius 2 is 1.96 bits per heavy atom. The molecule has 0 amide bonds. The minimum Gasteiger partial charge on any atom is -0.454 e. The van der Waals surface area contributed by atoms with Gasteiger partial charge in [-0.25, -0.2) is 4.98 Å². The molecule has 1 aliphatic heterocycles. The lowest BCUT2D eigenvalue weighted by atomic mass is 10.2. The molecule has 0 saturated carbocycles. The van der Waals surface area contributed by atoms with E-state index in [9.17, 15) is 0 Å². The number of aromatic nitrogens is 2. The Hall–Kier alpha value is -3.79. The molecule has 0 aliphatic carbocycles. The van der Waals surface area contributed by atoms with E-state index in [1.165, 1.54) is 0 Å². The summed E-state index contributed by atoms with van der Waals surface area (Å²) in [5.74, 6) is 2.61. The number of hydrogen-bond acceptors (Lipinski definition) is 7. The molecule has 0 fully saturated rings. The zero-order valence-electron chi connectivity index (χ0n) is 13.8. The SMILES string of the molecule is N#Cc1ccccc1Nc1nccc(NCc2ccc3c(c2)OCO3)n1. The Labute approximate surface area is 150 Å². The average Bonchev–Trinajstić information content (AvgIpc) is 3.15. The molecule has 7 heteroatoms. The van der Waals surface area contributed by atoms with Gasteiger partial charge < -0.3 is 20.1 Å². The summed E-state index contributed by atoms with van der Waals surface area (Å²) in [4.78, 5) is 8.64. The van der Waals surface area contributed by atoms with Gasteiger partial charge in [0.15, 0.2) is 11.5 Å². The normalized spacial score (nSPS) is 11.7. The maximum absolute atomic E-state index is 9.17. The zero-order valence-corrected chi connectivity index (χ0v) is 13.8. The van der Waals surface area contributed by atoms with Crippen molar-refractivity contribution < 1.29 is 9.47 Å². The van der Waals surface area contributed by atoms with Gasteiger partial charge >= 0.3 is 0 Å². The van der Waals surface area contributed by atoms with E-state index in [0.717, 1.165) is 17.1 Å². The third-order valence-corrected chi connectivity index (χ3v) is 3.86. The first-order valence-electron chi connectivity index (χ1n) is 8.03. The highest BCUT2D eigenvalue weighted by Crippen LogP contribution is 2.32. The maximum atomic E-state index is 9.17. The van der Waals surface area contributed by atoms with Gasteiger partial charge in [-0.2, -0.15) is 10.2 Å². The molecule has 2 aromatic carbocycles. The number of rotatable bonds is 5. The van der Waals surface area contributed by atoms with Crippen molar-refractivity contribution in [1.82, 2.24) is 9.97 Å². The molecule has 0 bridgehead atoms. The molecule has 1 aliphatic rings. The molecule has 0 radical (unpaired) electrons. The highest BCUT2D eigenvalue weighted by Gasteiger charge is 2.13. The van der Waals surface area contributed by atoms with Gasteiger partial charge in [-0.05, 0) is 35.9 Å². The van der Waals surface area contributed by atoms with Crippen LogP contribution >= 0.6 is 0 Å². The number of nitrogens with one attached hydrogen (secondary N) is 2. The molecule has 4 rings (SSSR count). The predicted molar refractivity (Wildman–Crippen MR) is 96.4 cm³/mol. The molecule has 7 nitrogen and oxygen atoms in total. The van der Waals surface area contributed by atoms with Gasteiger partial charge in [-0.1, -0.05) is 18.2 Å². The zero-order chi connectivity index (χ0) is 17.8. The number of fused-ring (bicyclic) bond motifs is 1. The van der Waals surface area contributed by atoms with Crippen LogP contribution < -0.4 is 20.1 Å². The monoisotopic (exact) mass is 345 g/mol. The third-order valence-electron chi connectivity index (χ3n) is 3.86. The minimum absolute atomic E-state index is 0.261. The van der Waals surface area contributed by atoms with Crippen molar-refractivity contribution in [3.63, 3.8) is 0 Å². The molecule has 2 N–H and O–H groups in total. The van der Waals surface area contributed by atoms with E-state index in [-0.39, 0.29) is 6.79 Å². The van der Waals surface area contributed by atoms with Crippen LogP contribution in [0.3, 0.4) is 0 Å². The first-order valence-corrected chi connectivity index (χ1v) is 8.03. The molecular weight excluding hydrogens is 330 g/mol. The fourth-order valence-corrected chi connectivity index (χ4v) is 2.57. The van der Waals surface area contributed by atoms with Gasteiger partial charge in [0.05, 0.1) is 11.3 Å². The number of hydrogen-bond donors (Lipinski definition) is 2. The van der Waals surface area contributed by atoms with Crippen LogP contribution in [0, 0.1) is 11.3 Å². The van der Waals surface area contributed by atoms with Crippen LogP contribution in [0.2, 0.25) is 0 Å². The van der Waals surface area contributed by atoms with Crippen LogP contribution in [0.15, 0.2) is 54.7 Å². The number of ether oxygens (including phenoxy) is 2. The molecule has 0 unspecified atom stereocenters. The predicted octanol–water partition coefficient (Wildman–Crippen LogP) is 3.43. The third kappa shape index (κ3) is 3.35. The highest BCUT2D eigenvalue weighted by molar-refractivity contribution is 5.63. The van der Waals surface area contributed by atoms with Crippen LogP contribution in [0.4, 0.5) is 17.5 Å². The standard InChI is InChI=1S/C19H15N5O2/c20-10-14-3-1-2-4-15(14)23-19-21-8-7-18(24-19)22-11-13-5-6-16-17(9-13)26-12-25-16/h1-9H,11-12H2,(H2,21,22,23,24). The Bertz CT molecular complexity index is 984. The van der Waals surface area contributed by atoms with Crippen LogP contribution in [0.5, 0.6) is 11.5 Å². The average molecular weight is 345 g/mol. The quantitative estimate of drug-likeness (QED) is 0.732. The van der Waals surface area contributed by atoms with Crippen molar-refractivity contribution >= 4 is 17.5 Å². The summed E-state index contributed by atoms with van der Waals surface area (Å²) in [7, 11) is 0. The number of benzene rings is 2. The summed E-state index contributed by atoms with van der Waals surface area (Å²) in [5.41, 5.74) is 2.26. The number of para-hydroxylation sites is 1. The van der Waals surface area contributed by atoms with Gasteiger partial charge in [0, 0.05) is 12.7 Å². The molecular formula is C19H15N5O2. The van der Waals surface area contributed by atoms with Gasteiger partial charge in [0.2, 0.25) is 12.7 Å². The van der Waals surface area contributed by atoms with Crippen molar-refractivity contribution in [2.75, 3.05) is 17.4 Å². The second kappa shape index (κ2) is 6.99. The van der Waals surface area contributed by atoms with Gasteiger partial charge in [-0.3, -0.25) is 0 Å². The van der Waals surface area contributed by atoms with Crippen molar-refractivity contribution in [2.24, 2.45) is 0 Å². The number of nitriles is 1. The lowest BCUT2D eigenvalue weighted by Crippen LogP contribution is -2.04. The van der Waals surface area contributed by atoms with E-state index in [1.807, 2.05) is 36.4 Å². The topological polar surface area (TPSA) is 92.1 Å². The summed E-state index contributed by atoms with van der Waals surface area (Å²) in [6.45, 7) is 0.846. The van der Waals surface area contributed by atoms with Gasteiger partial charge in [0.1, 0.15) is 11.9 Å². The molecule has 128 valence electrons. The lowest BCUT2D eigenvalue weighted by molar-refractivity contribution is 0.174. The van der Waals surface area contributed by atoms with Crippen LogP contribution in [0.25, 0.3) is 0 Å². The lowest BCUT2D eigenvalue weighted by Gasteiger charge is -2.09. The Kier molecular flexibility index (Phi) is 4.23. The van der Waals surface area contributed by atoms with E-state index in [2.05, 4.69) is 26.7 Å². The molecule has 0 spiro atoms. The van der Waals surface area contributed by atoms with E-state index in [1.54, 1.807) is 18.3 Å². The fraction of sp³-hybridized carbons (Fsp3) is 0.105. The molecule has 0 atom stereocenters. The van der Waals surface area contributed by atoms with Crippen LogP contribution in [0.1, 0.15) is 11.1 Å². The Balaban J connectivity index is 1.45. The number of nitrogens with zero attached hydrogens (tertiary/aromatic N) is 3. The first-order chi connectivity index (χ1) is 12.8. The van der Waals surface area contributed by atoms with Crippen LogP contribution in [-0.2, 0) is 6.54 Å². The molecule has 2 heterocycles. The summed E-state index contributed by atoms with van der Waals surface area (Å²) >= 11 is 0. The second-order valence-corrected chi connectivity index (χ2v) is 5.59. The Morgan fingerprint density at radius 1 is 1.08 bits per heavy atom. The van der Waals surface area contributed by atoms with Crippen molar-refractivity contribution in [2.45, 2.75) is 6.54 Å². The largest absolute Gasteiger partial charge is 0.454 e. The summed E-state index contributed by atoms with van der Waals surface area (Å²) in [6, 6.07) is 17.0. The van der Waals surface area contributed by atoms with Crippen molar-refractivity contribution in [3.05, 3.63) is 65.9 Å². The van der Waals surface area contributed by atoms with E-state index in [0.29, 0.717) is 29.6 Å². The first kappa shape index (κ1) is 15.7. The van der Waals surface area contributed by atoms with Crippen molar-refractivity contribution in [3.8, 4) is 17.6 Å². The molecule has 3 aromatic rings. The Morgan fingerprint density at radius 3 is 2.88 bits per heavy atom. The van der Waals surface area contributed by atoms with Crippen LogP contribution in [-0.4, -0.2) is 16.8 Å². The van der Waals surface area contributed by atoms with E-state index >= 15 is 0 Å². The minimum atomic E-state index is 0.261. The second-order valence-electron chi connectivity index (χ2n) is 5.59. The van der Waals surface area contributed by atoms with E-state index in [4.69, 9.17) is 14.7 Å². The number of anilines is 3. The van der Waals surface area contributed by atoms with Gasteiger partial charge in [-0.15, -0.1) is 0 Å². The maximum Gasteiger partial charge on any atom is 0.231 e.